The lowest BCUT2D eigenvalue weighted by Gasteiger charge is -2.15. The second-order valence-electron chi connectivity index (χ2n) is 5.62. The largest absolute Gasteiger partial charge is 0.494 e. The van der Waals surface area contributed by atoms with Crippen molar-refractivity contribution >= 4 is 33.5 Å². The minimum atomic E-state index is 0.0106. The van der Waals surface area contributed by atoms with Gasteiger partial charge in [-0.25, -0.2) is 0 Å². The van der Waals surface area contributed by atoms with Crippen molar-refractivity contribution in [3.05, 3.63) is 36.4 Å². The molecule has 23 heavy (non-hydrogen) atoms. The molecule has 1 heterocycles. The lowest BCUT2D eigenvalue weighted by molar-refractivity contribution is -0.120. The number of para-hydroxylation sites is 1. The van der Waals surface area contributed by atoms with Crippen LogP contribution in [0, 0.1) is 5.92 Å². The Morgan fingerprint density at radius 3 is 2.57 bits per heavy atom. The highest BCUT2D eigenvalue weighted by Gasteiger charge is 2.19. The predicted octanol–water partition coefficient (Wildman–Crippen LogP) is 4.97. The molecule has 3 aromatic rings. The molecule has 4 heteroatoms. The Balaban J connectivity index is 2.11. The van der Waals surface area contributed by atoms with Crippen LogP contribution in [-0.2, 0) is 4.79 Å². The van der Waals surface area contributed by atoms with Gasteiger partial charge in [0.05, 0.1) is 18.2 Å². The van der Waals surface area contributed by atoms with E-state index in [2.05, 4.69) is 5.32 Å². The highest BCUT2D eigenvalue weighted by Crippen LogP contribution is 2.40. The summed E-state index contributed by atoms with van der Waals surface area (Å²) in [4.78, 5) is 12.4. The zero-order valence-electron chi connectivity index (χ0n) is 13.7. The van der Waals surface area contributed by atoms with Crippen LogP contribution in [0.15, 0.2) is 40.8 Å². The summed E-state index contributed by atoms with van der Waals surface area (Å²) in [5.41, 5.74) is 2.25. The van der Waals surface area contributed by atoms with Crippen molar-refractivity contribution in [2.45, 2.75) is 26.7 Å². The fourth-order valence-corrected chi connectivity index (χ4v) is 2.99. The third-order valence-corrected chi connectivity index (χ3v) is 4.31. The zero-order valence-corrected chi connectivity index (χ0v) is 13.7. The van der Waals surface area contributed by atoms with Crippen molar-refractivity contribution in [1.82, 2.24) is 0 Å². The Kier molecular flexibility index (Phi) is 4.24. The lowest BCUT2D eigenvalue weighted by Crippen LogP contribution is -2.21. The normalized spacial score (nSPS) is 11.3. The number of hydrogen-bond acceptors (Lipinski definition) is 3. The summed E-state index contributed by atoms with van der Waals surface area (Å²) in [6, 6.07) is 11.5. The van der Waals surface area contributed by atoms with Crippen molar-refractivity contribution in [3.8, 4) is 5.75 Å². The van der Waals surface area contributed by atoms with E-state index in [1.807, 2.05) is 50.2 Å². The number of carbonyl (C=O) groups excluding carboxylic acids is 1. The molecule has 0 unspecified atom stereocenters. The van der Waals surface area contributed by atoms with Gasteiger partial charge in [-0.1, -0.05) is 32.0 Å². The molecule has 120 valence electrons. The summed E-state index contributed by atoms with van der Waals surface area (Å²) in [6.45, 7) is 4.05. The molecule has 0 bridgehead atoms. The predicted molar refractivity (Wildman–Crippen MR) is 93.0 cm³/mol. The number of fused-ring (bicyclic) bond motifs is 3. The number of rotatable bonds is 5. The van der Waals surface area contributed by atoms with Crippen LogP contribution in [0.1, 0.15) is 26.7 Å². The summed E-state index contributed by atoms with van der Waals surface area (Å²) in [7, 11) is 1.61. The fraction of sp³-hybridized carbons (Fsp3) is 0.316. The average molecular weight is 311 g/mol. The maximum absolute atomic E-state index is 12.4. The van der Waals surface area contributed by atoms with Crippen molar-refractivity contribution in [2.75, 3.05) is 12.4 Å². The topological polar surface area (TPSA) is 51.5 Å². The quantitative estimate of drug-likeness (QED) is 0.724. The molecule has 0 aliphatic carbocycles. The van der Waals surface area contributed by atoms with Gasteiger partial charge in [-0.3, -0.25) is 4.79 Å². The number of anilines is 1. The first-order chi connectivity index (χ1) is 11.2. The Morgan fingerprint density at radius 2 is 1.87 bits per heavy atom. The van der Waals surface area contributed by atoms with Gasteiger partial charge in [-0.05, 0) is 31.0 Å². The van der Waals surface area contributed by atoms with E-state index in [9.17, 15) is 4.79 Å². The van der Waals surface area contributed by atoms with Crippen LogP contribution >= 0.6 is 0 Å². The molecule has 4 nitrogen and oxygen atoms in total. The molecular weight excluding hydrogens is 290 g/mol. The van der Waals surface area contributed by atoms with E-state index >= 15 is 0 Å². The van der Waals surface area contributed by atoms with Gasteiger partial charge >= 0.3 is 0 Å². The Bertz CT molecular complexity index is 846. The van der Waals surface area contributed by atoms with E-state index < -0.39 is 0 Å². The summed E-state index contributed by atoms with van der Waals surface area (Å²) in [5, 5.41) is 4.88. The second-order valence-corrected chi connectivity index (χ2v) is 5.62. The lowest BCUT2D eigenvalue weighted by atomic mass is 10.0. The minimum Gasteiger partial charge on any atom is -0.494 e. The molecule has 2 aromatic carbocycles. The summed E-state index contributed by atoms with van der Waals surface area (Å²) >= 11 is 0. The van der Waals surface area contributed by atoms with Gasteiger partial charge in [0.25, 0.3) is 0 Å². The van der Waals surface area contributed by atoms with E-state index in [1.165, 1.54) is 0 Å². The highest BCUT2D eigenvalue weighted by atomic mass is 16.5. The van der Waals surface area contributed by atoms with E-state index in [-0.39, 0.29) is 11.8 Å². The van der Waals surface area contributed by atoms with Crippen molar-refractivity contribution in [2.24, 2.45) is 5.92 Å². The van der Waals surface area contributed by atoms with E-state index in [4.69, 9.17) is 9.15 Å². The van der Waals surface area contributed by atoms with Crippen molar-refractivity contribution in [1.29, 1.82) is 0 Å². The molecular formula is C19H21NO3. The molecule has 0 saturated carbocycles. The third-order valence-electron chi connectivity index (χ3n) is 4.31. The maximum Gasteiger partial charge on any atom is 0.227 e. The zero-order chi connectivity index (χ0) is 16.4. The Morgan fingerprint density at radius 1 is 1.13 bits per heavy atom. The second kappa shape index (κ2) is 6.32. The number of furan rings is 1. The molecule has 0 radical (unpaired) electrons. The molecule has 0 spiro atoms. The molecule has 1 N–H and O–H groups in total. The summed E-state index contributed by atoms with van der Waals surface area (Å²) in [6.07, 6.45) is 1.64. The van der Waals surface area contributed by atoms with Gasteiger partial charge in [0.15, 0.2) is 5.75 Å². The van der Waals surface area contributed by atoms with Crippen LogP contribution in [0.2, 0.25) is 0 Å². The van der Waals surface area contributed by atoms with E-state index in [0.29, 0.717) is 11.4 Å². The molecule has 0 saturated heterocycles. The van der Waals surface area contributed by atoms with Crippen LogP contribution in [-0.4, -0.2) is 13.0 Å². The SMILES string of the molecule is CCC(CC)C(=O)Nc1ccc2oc3ccccc3c2c1OC. The van der Waals surface area contributed by atoms with Crippen LogP contribution in [0.25, 0.3) is 21.9 Å². The maximum atomic E-state index is 12.4. The van der Waals surface area contributed by atoms with E-state index in [1.54, 1.807) is 7.11 Å². The molecule has 3 rings (SSSR count). The number of nitrogens with one attached hydrogen (secondary N) is 1. The van der Waals surface area contributed by atoms with Gasteiger partial charge in [-0.2, -0.15) is 0 Å². The number of amides is 1. The fourth-order valence-electron chi connectivity index (χ4n) is 2.99. The van der Waals surface area contributed by atoms with Gasteiger partial charge in [0, 0.05) is 11.3 Å². The van der Waals surface area contributed by atoms with Crippen molar-refractivity contribution < 1.29 is 13.9 Å². The number of methoxy groups -OCH3 is 1. The van der Waals surface area contributed by atoms with Crippen LogP contribution in [0.3, 0.4) is 0 Å². The molecule has 0 fully saturated rings. The van der Waals surface area contributed by atoms with Crippen LogP contribution in [0.4, 0.5) is 5.69 Å². The van der Waals surface area contributed by atoms with Crippen molar-refractivity contribution in [3.63, 3.8) is 0 Å². The number of hydrogen-bond donors (Lipinski definition) is 1. The smallest absolute Gasteiger partial charge is 0.227 e. The molecule has 1 aromatic heterocycles. The van der Waals surface area contributed by atoms with Gasteiger partial charge in [-0.15, -0.1) is 0 Å². The first-order valence-corrected chi connectivity index (χ1v) is 7.98. The average Bonchev–Trinajstić information content (AvgIpc) is 2.94. The molecule has 0 aliphatic rings. The van der Waals surface area contributed by atoms with Crippen LogP contribution in [0.5, 0.6) is 5.75 Å². The monoisotopic (exact) mass is 311 g/mol. The molecule has 0 atom stereocenters. The highest BCUT2D eigenvalue weighted by molar-refractivity contribution is 6.11. The first kappa shape index (κ1) is 15.4. The molecule has 1 amide bonds. The van der Waals surface area contributed by atoms with Gasteiger partial charge in [0.1, 0.15) is 11.2 Å². The number of benzene rings is 2. The minimum absolute atomic E-state index is 0.0106. The molecule has 0 aliphatic heterocycles. The first-order valence-electron chi connectivity index (χ1n) is 7.98. The Hall–Kier alpha value is -2.49. The summed E-state index contributed by atoms with van der Waals surface area (Å²) in [5.74, 6) is 0.684. The number of carbonyl (C=O) groups is 1. The van der Waals surface area contributed by atoms with E-state index in [0.717, 1.165) is 34.8 Å². The third kappa shape index (κ3) is 2.65. The summed E-state index contributed by atoms with van der Waals surface area (Å²) < 4.78 is 11.5. The number of ether oxygens (including phenoxy) is 1. The van der Waals surface area contributed by atoms with Gasteiger partial charge in [0.2, 0.25) is 5.91 Å². The standard InChI is InChI=1S/C19H21NO3/c1-4-12(5-2)19(21)20-14-10-11-16-17(18(14)22-3)13-8-6-7-9-15(13)23-16/h6-12H,4-5H2,1-3H3,(H,20,21). The Labute approximate surface area is 135 Å². The van der Waals surface area contributed by atoms with Crippen LogP contribution < -0.4 is 10.1 Å². The van der Waals surface area contributed by atoms with Gasteiger partial charge < -0.3 is 14.5 Å².